The van der Waals surface area contributed by atoms with Crippen molar-refractivity contribution in [2.24, 2.45) is 5.73 Å². The molecule has 106 valence electrons. The highest BCUT2D eigenvalue weighted by Crippen LogP contribution is 2.39. The zero-order chi connectivity index (χ0) is 14.2. The van der Waals surface area contributed by atoms with Crippen LogP contribution < -0.4 is 10.5 Å². The molecule has 0 amide bonds. The second kappa shape index (κ2) is 5.14. The Kier molecular flexibility index (Phi) is 3.88. The van der Waals surface area contributed by atoms with Crippen molar-refractivity contribution in [1.82, 2.24) is 4.90 Å². The molecule has 19 heavy (non-hydrogen) atoms. The van der Waals surface area contributed by atoms with E-state index in [-0.39, 0.29) is 11.5 Å². The largest absolute Gasteiger partial charge is 0.497 e. The molecule has 2 N–H and O–H groups in total. The Morgan fingerprint density at radius 3 is 2.68 bits per heavy atom. The van der Waals surface area contributed by atoms with Gasteiger partial charge in [0.2, 0.25) is 0 Å². The molecule has 0 saturated heterocycles. The maximum Gasteiger partial charge on any atom is 0.119 e. The standard InChI is InChI=1S/C16H26N2O/c1-6-18(4)14-9-11-7-8-12(19-5)10-13(11)16(2,3)15(14)17/h7-8,10,14-15H,6,9,17H2,1-5H3/t14-,15-/m1/s1. The van der Waals surface area contributed by atoms with Crippen LogP contribution in [-0.2, 0) is 11.8 Å². The monoisotopic (exact) mass is 262 g/mol. The van der Waals surface area contributed by atoms with Crippen LogP contribution in [0.5, 0.6) is 5.75 Å². The van der Waals surface area contributed by atoms with E-state index in [9.17, 15) is 0 Å². The number of likely N-dealkylation sites (N-methyl/N-ethyl adjacent to an activating group) is 1. The van der Waals surface area contributed by atoms with Crippen molar-refractivity contribution in [3.05, 3.63) is 29.3 Å². The lowest BCUT2D eigenvalue weighted by molar-refractivity contribution is 0.164. The highest BCUT2D eigenvalue weighted by molar-refractivity contribution is 5.44. The van der Waals surface area contributed by atoms with Gasteiger partial charge in [-0.1, -0.05) is 26.8 Å². The first kappa shape index (κ1) is 14.4. The molecule has 0 radical (unpaired) electrons. The topological polar surface area (TPSA) is 38.5 Å². The van der Waals surface area contributed by atoms with Gasteiger partial charge >= 0.3 is 0 Å². The normalized spacial score (nSPS) is 25.2. The molecule has 0 heterocycles. The summed E-state index contributed by atoms with van der Waals surface area (Å²) in [6, 6.07) is 6.93. The van der Waals surface area contributed by atoms with Crippen LogP contribution in [0.4, 0.5) is 0 Å². The third-order valence-corrected chi connectivity index (χ3v) is 4.75. The summed E-state index contributed by atoms with van der Waals surface area (Å²) >= 11 is 0. The molecule has 0 fully saturated rings. The van der Waals surface area contributed by atoms with Crippen LogP contribution in [-0.4, -0.2) is 37.7 Å². The third-order valence-electron chi connectivity index (χ3n) is 4.75. The summed E-state index contributed by atoms with van der Waals surface area (Å²) in [6.45, 7) is 7.69. The fourth-order valence-electron chi connectivity index (χ4n) is 3.14. The molecule has 1 aliphatic rings. The number of nitrogens with two attached hydrogens (primary N) is 1. The van der Waals surface area contributed by atoms with E-state index in [1.807, 2.05) is 0 Å². The average Bonchev–Trinajstić information content (AvgIpc) is 2.42. The SMILES string of the molecule is CCN(C)[C@@H]1Cc2ccc(OC)cc2C(C)(C)[C@@H]1N. The van der Waals surface area contributed by atoms with Crippen molar-refractivity contribution in [1.29, 1.82) is 0 Å². The van der Waals surface area contributed by atoms with Gasteiger partial charge in [-0.15, -0.1) is 0 Å². The van der Waals surface area contributed by atoms with E-state index in [0.717, 1.165) is 18.7 Å². The van der Waals surface area contributed by atoms with Gasteiger partial charge in [-0.3, -0.25) is 0 Å². The van der Waals surface area contributed by atoms with Crippen molar-refractivity contribution >= 4 is 0 Å². The number of rotatable bonds is 3. The first-order chi connectivity index (χ1) is 8.91. The predicted molar refractivity (Wildman–Crippen MR) is 79.8 cm³/mol. The smallest absolute Gasteiger partial charge is 0.119 e. The molecule has 0 saturated carbocycles. The average molecular weight is 262 g/mol. The Labute approximate surface area is 116 Å². The number of methoxy groups -OCH3 is 1. The summed E-state index contributed by atoms with van der Waals surface area (Å²) in [4.78, 5) is 2.36. The summed E-state index contributed by atoms with van der Waals surface area (Å²) in [7, 11) is 3.88. The zero-order valence-electron chi connectivity index (χ0n) is 12.7. The van der Waals surface area contributed by atoms with E-state index in [1.165, 1.54) is 11.1 Å². The third kappa shape index (κ3) is 2.37. The Hall–Kier alpha value is -1.06. The molecule has 0 aliphatic heterocycles. The van der Waals surface area contributed by atoms with Crippen molar-refractivity contribution in [3.8, 4) is 5.75 Å². The Bertz CT molecular complexity index is 456. The minimum absolute atomic E-state index is 0.0315. The highest BCUT2D eigenvalue weighted by atomic mass is 16.5. The van der Waals surface area contributed by atoms with E-state index in [2.05, 4.69) is 50.9 Å². The molecule has 0 unspecified atom stereocenters. The van der Waals surface area contributed by atoms with Crippen LogP contribution >= 0.6 is 0 Å². The lowest BCUT2D eigenvalue weighted by Crippen LogP contribution is -2.59. The van der Waals surface area contributed by atoms with Crippen LogP contribution in [0.15, 0.2) is 18.2 Å². The molecule has 2 atom stereocenters. The van der Waals surface area contributed by atoms with Crippen LogP contribution in [0.2, 0.25) is 0 Å². The van der Waals surface area contributed by atoms with Crippen LogP contribution in [0, 0.1) is 0 Å². The van der Waals surface area contributed by atoms with Gasteiger partial charge < -0.3 is 15.4 Å². The lowest BCUT2D eigenvalue weighted by Gasteiger charge is -2.46. The molecule has 0 bridgehead atoms. The Morgan fingerprint density at radius 1 is 1.42 bits per heavy atom. The van der Waals surface area contributed by atoms with Gasteiger partial charge in [0.1, 0.15) is 5.75 Å². The van der Waals surface area contributed by atoms with Crippen LogP contribution in [0.1, 0.15) is 31.9 Å². The maximum atomic E-state index is 6.56. The minimum atomic E-state index is -0.0315. The molecule has 2 rings (SSSR count). The molecule has 3 heteroatoms. The highest BCUT2D eigenvalue weighted by Gasteiger charge is 2.41. The summed E-state index contributed by atoms with van der Waals surface area (Å²) in [5.41, 5.74) is 9.26. The molecule has 0 aromatic heterocycles. The molecular weight excluding hydrogens is 236 g/mol. The number of benzene rings is 1. The molecule has 0 spiro atoms. The summed E-state index contributed by atoms with van der Waals surface area (Å²) < 4.78 is 5.35. The van der Waals surface area contributed by atoms with Gasteiger partial charge in [0.25, 0.3) is 0 Å². The number of ether oxygens (including phenoxy) is 1. The number of fused-ring (bicyclic) bond motifs is 1. The zero-order valence-corrected chi connectivity index (χ0v) is 12.7. The Morgan fingerprint density at radius 2 is 2.11 bits per heavy atom. The van der Waals surface area contributed by atoms with Crippen molar-refractivity contribution < 1.29 is 4.74 Å². The second-order valence-corrected chi connectivity index (χ2v) is 6.12. The van der Waals surface area contributed by atoms with Gasteiger partial charge in [-0.2, -0.15) is 0 Å². The molecule has 1 aromatic rings. The summed E-state index contributed by atoms with van der Waals surface area (Å²) in [6.07, 6.45) is 1.02. The van der Waals surface area contributed by atoms with E-state index < -0.39 is 0 Å². The maximum absolute atomic E-state index is 6.56. The van der Waals surface area contributed by atoms with Gasteiger partial charge in [-0.25, -0.2) is 0 Å². The number of hydrogen-bond donors (Lipinski definition) is 1. The van der Waals surface area contributed by atoms with Gasteiger partial charge in [0.05, 0.1) is 7.11 Å². The fourth-order valence-corrected chi connectivity index (χ4v) is 3.14. The van der Waals surface area contributed by atoms with Crippen molar-refractivity contribution in [2.75, 3.05) is 20.7 Å². The van der Waals surface area contributed by atoms with Gasteiger partial charge in [-0.05, 0) is 43.3 Å². The van der Waals surface area contributed by atoms with E-state index in [4.69, 9.17) is 10.5 Å². The Balaban J connectivity index is 2.45. The van der Waals surface area contributed by atoms with E-state index in [0.29, 0.717) is 6.04 Å². The minimum Gasteiger partial charge on any atom is -0.497 e. The first-order valence-electron chi connectivity index (χ1n) is 7.05. The van der Waals surface area contributed by atoms with Crippen LogP contribution in [0.3, 0.4) is 0 Å². The summed E-state index contributed by atoms with van der Waals surface area (Å²) in [5.74, 6) is 0.918. The molecular formula is C16H26N2O. The molecule has 1 aliphatic carbocycles. The number of hydrogen-bond acceptors (Lipinski definition) is 3. The van der Waals surface area contributed by atoms with Crippen molar-refractivity contribution in [3.63, 3.8) is 0 Å². The van der Waals surface area contributed by atoms with Gasteiger partial charge in [0, 0.05) is 17.5 Å². The first-order valence-corrected chi connectivity index (χ1v) is 7.05. The quantitative estimate of drug-likeness (QED) is 0.907. The van der Waals surface area contributed by atoms with Crippen LogP contribution in [0.25, 0.3) is 0 Å². The second-order valence-electron chi connectivity index (χ2n) is 6.12. The molecule has 1 aromatic carbocycles. The fraction of sp³-hybridized carbons (Fsp3) is 0.625. The van der Waals surface area contributed by atoms with Gasteiger partial charge in [0.15, 0.2) is 0 Å². The van der Waals surface area contributed by atoms with E-state index in [1.54, 1.807) is 7.11 Å². The molecule has 3 nitrogen and oxygen atoms in total. The van der Waals surface area contributed by atoms with Crippen molar-refractivity contribution in [2.45, 2.75) is 44.7 Å². The summed E-state index contributed by atoms with van der Waals surface area (Å²) in [5, 5.41) is 0. The predicted octanol–water partition coefficient (Wildman–Crippen LogP) is 2.18. The van der Waals surface area contributed by atoms with E-state index >= 15 is 0 Å². The number of nitrogens with zero attached hydrogens (tertiary/aromatic N) is 1. The lowest BCUT2D eigenvalue weighted by atomic mass is 9.67.